The maximum Gasteiger partial charge on any atom is 0.0595 e. The van der Waals surface area contributed by atoms with Gasteiger partial charge in [-0.3, -0.25) is 0 Å². The minimum atomic E-state index is 0.620. The normalized spacial score (nSPS) is 17.6. The molecular formula is C16H24Cl2N2. The van der Waals surface area contributed by atoms with E-state index in [-0.39, 0.29) is 0 Å². The molecule has 1 aliphatic heterocycles. The van der Waals surface area contributed by atoms with Gasteiger partial charge in [0.25, 0.3) is 0 Å². The average Bonchev–Trinajstić information content (AvgIpc) is 2.44. The topological polar surface area (TPSA) is 15.3 Å². The quantitative estimate of drug-likeness (QED) is 0.791. The third-order valence-electron chi connectivity index (χ3n) is 4.02. The highest BCUT2D eigenvalue weighted by Gasteiger charge is 2.14. The molecule has 0 aliphatic carbocycles. The molecule has 1 fully saturated rings. The van der Waals surface area contributed by atoms with Crippen molar-refractivity contribution in [3.05, 3.63) is 33.8 Å². The van der Waals surface area contributed by atoms with E-state index >= 15 is 0 Å². The molecule has 0 bridgehead atoms. The number of likely N-dealkylation sites (tertiary alicyclic amines) is 1. The summed E-state index contributed by atoms with van der Waals surface area (Å²) < 4.78 is 0. The van der Waals surface area contributed by atoms with Gasteiger partial charge in [-0.2, -0.15) is 0 Å². The molecule has 2 rings (SSSR count). The molecular weight excluding hydrogens is 291 g/mol. The lowest BCUT2D eigenvalue weighted by Gasteiger charge is -2.30. The van der Waals surface area contributed by atoms with Gasteiger partial charge in [-0.1, -0.05) is 36.2 Å². The fourth-order valence-electron chi connectivity index (χ4n) is 2.60. The van der Waals surface area contributed by atoms with Crippen molar-refractivity contribution in [3.8, 4) is 0 Å². The minimum Gasteiger partial charge on any atom is -0.313 e. The zero-order valence-corrected chi connectivity index (χ0v) is 13.7. The van der Waals surface area contributed by atoms with Crippen molar-refractivity contribution in [2.75, 3.05) is 26.2 Å². The van der Waals surface area contributed by atoms with Crippen molar-refractivity contribution in [1.82, 2.24) is 10.2 Å². The number of nitrogens with one attached hydrogen (secondary N) is 1. The second kappa shape index (κ2) is 8.23. The van der Waals surface area contributed by atoms with Crippen LogP contribution in [0.25, 0.3) is 0 Å². The minimum absolute atomic E-state index is 0.620. The molecule has 1 aromatic carbocycles. The number of piperidine rings is 1. The van der Waals surface area contributed by atoms with Crippen LogP contribution in [0, 0.1) is 5.92 Å². The van der Waals surface area contributed by atoms with Crippen LogP contribution >= 0.6 is 23.2 Å². The van der Waals surface area contributed by atoms with E-state index in [1.54, 1.807) is 0 Å². The van der Waals surface area contributed by atoms with Gasteiger partial charge in [-0.15, -0.1) is 0 Å². The first-order valence-electron chi connectivity index (χ1n) is 7.52. The predicted molar refractivity (Wildman–Crippen MR) is 87.6 cm³/mol. The summed E-state index contributed by atoms with van der Waals surface area (Å²) >= 11 is 11.9. The molecule has 20 heavy (non-hydrogen) atoms. The summed E-state index contributed by atoms with van der Waals surface area (Å²) in [5.74, 6) is 0.916. The molecule has 1 heterocycles. The Hall–Kier alpha value is -0.280. The lowest BCUT2D eigenvalue weighted by molar-refractivity contribution is 0.190. The molecule has 0 saturated carbocycles. The Morgan fingerprint density at radius 1 is 1.20 bits per heavy atom. The summed E-state index contributed by atoms with van der Waals surface area (Å²) in [5, 5.41) is 4.72. The van der Waals surface area contributed by atoms with Gasteiger partial charge in [-0.05, 0) is 69.1 Å². The second-order valence-corrected chi connectivity index (χ2v) is 6.62. The van der Waals surface area contributed by atoms with Crippen molar-refractivity contribution in [3.63, 3.8) is 0 Å². The maximum absolute atomic E-state index is 6.00. The molecule has 1 aliphatic rings. The molecule has 0 amide bonds. The van der Waals surface area contributed by atoms with Gasteiger partial charge in [0.1, 0.15) is 0 Å². The smallest absolute Gasteiger partial charge is 0.0595 e. The molecule has 4 heteroatoms. The first-order chi connectivity index (χ1) is 9.65. The summed E-state index contributed by atoms with van der Waals surface area (Å²) in [4.78, 5) is 2.58. The zero-order valence-electron chi connectivity index (χ0n) is 12.2. The van der Waals surface area contributed by atoms with Gasteiger partial charge in [0.2, 0.25) is 0 Å². The Kier molecular flexibility index (Phi) is 6.63. The molecule has 1 aromatic rings. The fourth-order valence-corrected chi connectivity index (χ4v) is 2.92. The summed E-state index contributed by atoms with van der Waals surface area (Å²) in [6.45, 7) is 8.01. The fraction of sp³-hybridized carbons (Fsp3) is 0.625. The summed E-state index contributed by atoms with van der Waals surface area (Å²) in [6.07, 6.45) is 3.92. The van der Waals surface area contributed by atoms with Crippen LogP contribution in [0.5, 0.6) is 0 Å². The first kappa shape index (κ1) is 16.1. The molecule has 1 saturated heterocycles. The maximum atomic E-state index is 6.00. The molecule has 0 atom stereocenters. The number of rotatable bonds is 6. The van der Waals surface area contributed by atoms with Crippen LogP contribution in [-0.2, 0) is 6.54 Å². The van der Waals surface area contributed by atoms with E-state index in [2.05, 4.69) is 17.1 Å². The van der Waals surface area contributed by atoms with Gasteiger partial charge in [-0.25, -0.2) is 0 Å². The van der Waals surface area contributed by atoms with E-state index in [9.17, 15) is 0 Å². The van der Waals surface area contributed by atoms with Crippen LogP contribution < -0.4 is 5.32 Å². The van der Waals surface area contributed by atoms with Crippen molar-refractivity contribution >= 4 is 23.2 Å². The highest BCUT2D eigenvalue weighted by molar-refractivity contribution is 6.42. The van der Waals surface area contributed by atoms with E-state index < -0.39 is 0 Å². The van der Waals surface area contributed by atoms with E-state index in [0.29, 0.717) is 10.0 Å². The Labute approximate surface area is 132 Å². The van der Waals surface area contributed by atoms with Crippen LogP contribution in [0.4, 0.5) is 0 Å². The first-order valence-corrected chi connectivity index (χ1v) is 8.28. The number of nitrogens with zero attached hydrogens (tertiary/aromatic N) is 1. The standard InChI is InChI=1S/C16H24Cl2N2/c1-13-5-9-20(10-6-13)8-2-7-19-12-14-3-4-15(17)16(18)11-14/h3-4,11,13,19H,2,5-10,12H2,1H3. The number of hydrogen-bond acceptors (Lipinski definition) is 2. The largest absolute Gasteiger partial charge is 0.313 e. The van der Waals surface area contributed by atoms with E-state index in [1.165, 1.54) is 44.5 Å². The average molecular weight is 315 g/mol. The summed E-state index contributed by atoms with van der Waals surface area (Å²) in [5.41, 5.74) is 1.19. The van der Waals surface area contributed by atoms with Gasteiger partial charge in [0.15, 0.2) is 0 Å². The van der Waals surface area contributed by atoms with Gasteiger partial charge in [0.05, 0.1) is 10.0 Å². The van der Waals surface area contributed by atoms with Crippen molar-refractivity contribution in [1.29, 1.82) is 0 Å². The van der Waals surface area contributed by atoms with Gasteiger partial charge in [0, 0.05) is 6.54 Å². The molecule has 0 radical (unpaired) electrons. The van der Waals surface area contributed by atoms with Crippen molar-refractivity contribution in [2.45, 2.75) is 32.7 Å². The van der Waals surface area contributed by atoms with Crippen molar-refractivity contribution in [2.24, 2.45) is 5.92 Å². The molecule has 1 N–H and O–H groups in total. The third-order valence-corrected chi connectivity index (χ3v) is 4.76. The Bertz CT molecular complexity index is 415. The van der Waals surface area contributed by atoms with Gasteiger partial charge >= 0.3 is 0 Å². The SMILES string of the molecule is CC1CCN(CCCNCc2ccc(Cl)c(Cl)c2)CC1. The van der Waals surface area contributed by atoms with E-state index in [0.717, 1.165) is 19.0 Å². The lowest BCUT2D eigenvalue weighted by atomic mass is 9.99. The molecule has 0 spiro atoms. The lowest BCUT2D eigenvalue weighted by Crippen LogP contribution is -2.34. The van der Waals surface area contributed by atoms with Crippen LogP contribution in [0.1, 0.15) is 31.7 Å². The number of hydrogen-bond donors (Lipinski definition) is 1. The second-order valence-electron chi connectivity index (χ2n) is 5.80. The zero-order chi connectivity index (χ0) is 14.4. The summed E-state index contributed by atoms with van der Waals surface area (Å²) in [7, 11) is 0. The van der Waals surface area contributed by atoms with Crippen molar-refractivity contribution < 1.29 is 0 Å². The van der Waals surface area contributed by atoms with Crippen LogP contribution in [0.15, 0.2) is 18.2 Å². The Morgan fingerprint density at radius 2 is 1.95 bits per heavy atom. The van der Waals surface area contributed by atoms with E-state index in [1.807, 2.05) is 18.2 Å². The molecule has 0 unspecified atom stereocenters. The Morgan fingerprint density at radius 3 is 2.65 bits per heavy atom. The van der Waals surface area contributed by atoms with Crippen LogP contribution in [0.2, 0.25) is 10.0 Å². The number of benzene rings is 1. The molecule has 0 aromatic heterocycles. The third kappa shape index (κ3) is 5.25. The summed E-state index contributed by atoms with van der Waals surface area (Å²) in [6, 6.07) is 5.81. The van der Waals surface area contributed by atoms with E-state index in [4.69, 9.17) is 23.2 Å². The predicted octanol–water partition coefficient (Wildman–Crippen LogP) is 4.21. The molecule has 112 valence electrons. The van der Waals surface area contributed by atoms with Crippen LogP contribution in [0.3, 0.4) is 0 Å². The Balaban J connectivity index is 1.58. The highest BCUT2D eigenvalue weighted by atomic mass is 35.5. The monoisotopic (exact) mass is 314 g/mol. The molecule has 2 nitrogen and oxygen atoms in total. The van der Waals surface area contributed by atoms with Gasteiger partial charge < -0.3 is 10.2 Å². The number of halogens is 2. The highest BCUT2D eigenvalue weighted by Crippen LogP contribution is 2.22. The van der Waals surface area contributed by atoms with Crippen LogP contribution in [-0.4, -0.2) is 31.1 Å².